The van der Waals surface area contributed by atoms with E-state index in [9.17, 15) is 13.6 Å². The lowest BCUT2D eigenvalue weighted by atomic mass is 10.2. The van der Waals surface area contributed by atoms with Crippen LogP contribution in [0, 0.1) is 11.6 Å². The maximum atomic E-state index is 14.2. The van der Waals surface area contributed by atoms with Crippen LogP contribution in [0.5, 0.6) is 0 Å². The highest BCUT2D eigenvalue weighted by atomic mass is 19.1. The molecule has 0 saturated carbocycles. The molecule has 182 valence electrons. The molecule has 0 unspecified atom stereocenters. The second kappa shape index (κ2) is 8.11. The van der Waals surface area contributed by atoms with Gasteiger partial charge in [0.25, 0.3) is 5.56 Å². The molecular weight excluding hydrogens is 474 g/mol. The van der Waals surface area contributed by atoms with Gasteiger partial charge in [0.15, 0.2) is 29.5 Å². The number of hydrogen-bond acceptors (Lipinski definition) is 9. The van der Waals surface area contributed by atoms with E-state index in [1.165, 1.54) is 26.7 Å². The lowest BCUT2D eigenvalue weighted by Gasteiger charge is -2.20. The molecule has 12 nitrogen and oxygen atoms in total. The van der Waals surface area contributed by atoms with Crippen LogP contribution in [0.4, 0.5) is 20.3 Å². The average molecular weight is 492 g/mol. The van der Waals surface area contributed by atoms with Crippen molar-refractivity contribution in [1.29, 1.82) is 0 Å². The number of fused-ring (bicyclic) bond motifs is 2. The monoisotopic (exact) mass is 492 g/mol. The van der Waals surface area contributed by atoms with E-state index < -0.39 is 23.2 Å². The Morgan fingerprint density at radius 3 is 2.72 bits per heavy atom. The Morgan fingerprint density at radius 2 is 1.97 bits per heavy atom. The van der Waals surface area contributed by atoms with Gasteiger partial charge in [0.05, 0.1) is 23.7 Å². The van der Waals surface area contributed by atoms with Gasteiger partial charge >= 0.3 is 0 Å². The van der Waals surface area contributed by atoms with Crippen LogP contribution in [-0.4, -0.2) is 46.7 Å². The summed E-state index contributed by atoms with van der Waals surface area (Å²) in [6.45, 7) is 3.56. The van der Waals surface area contributed by atoms with Crippen LogP contribution in [0.25, 0.3) is 22.4 Å². The molecule has 36 heavy (non-hydrogen) atoms. The van der Waals surface area contributed by atoms with E-state index >= 15 is 0 Å². The number of hydrogen-bond donors (Lipinski definition) is 2. The molecule has 0 fully saturated rings. The SMILES string of the molecule is CC1=NN(c2ccn3nc([C@H](C)Nc4ncnc5nc[nH]c45)n(-c4cc(F)cc(F)c4)c(=O)c23)CO1. The third-order valence-corrected chi connectivity index (χ3v) is 5.69. The summed E-state index contributed by atoms with van der Waals surface area (Å²) in [6, 6.07) is 3.91. The second-order valence-corrected chi connectivity index (χ2v) is 8.10. The standard InChI is InChI=1S/C22H18F2N10O2/c1-11(29-20-17-19(26-8-25-17)27-9-28-20)21-31-32-4-3-16(33-10-36-12(2)30-33)18(32)22(35)34(21)15-6-13(23)5-14(24)7-15/h3-9,11H,10H2,1-2H3,(H2,25,26,27,28,29)/t11-/m0/s1. The van der Waals surface area contributed by atoms with Crippen molar-refractivity contribution in [2.45, 2.75) is 19.9 Å². The van der Waals surface area contributed by atoms with Crippen molar-refractivity contribution < 1.29 is 13.5 Å². The molecule has 5 heterocycles. The molecule has 0 aliphatic carbocycles. The smallest absolute Gasteiger partial charge is 0.284 e. The number of nitrogens with zero attached hydrogens (tertiary/aromatic N) is 8. The van der Waals surface area contributed by atoms with Gasteiger partial charge in [-0.05, 0) is 25.1 Å². The Kier molecular flexibility index (Phi) is 4.87. The fourth-order valence-electron chi connectivity index (χ4n) is 4.12. The Balaban J connectivity index is 1.55. The first-order chi connectivity index (χ1) is 17.4. The van der Waals surface area contributed by atoms with Crippen molar-refractivity contribution >= 4 is 34.1 Å². The van der Waals surface area contributed by atoms with Crippen molar-refractivity contribution in [3.8, 4) is 5.69 Å². The molecule has 4 aromatic heterocycles. The Morgan fingerprint density at radius 1 is 1.17 bits per heavy atom. The van der Waals surface area contributed by atoms with Gasteiger partial charge in [0.2, 0.25) is 5.90 Å². The van der Waals surface area contributed by atoms with Crippen molar-refractivity contribution in [3.63, 3.8) is 0 Å². The second-order valence-electron chi connectivity index (χ2n) is 8.10. The number of imidazole rings is 1. The van der Waals surface area contributed by atoms with Crippen molar-refractivity contribution in [2.24, 2.45) is 5.10 Å². The van der Waals surface area contributed by atoms with Gasteiger partial charge in [-0.25, -0.2) is 33.3 Å². The molecule has 2 N–H and O–H groups in total. The lowest BCUT2D eigenvalue weighted by molar-refractivity contribution is 0.335. The molecule has 6 rings (SSSR count). The summed E-state index contributed by atoms with van der Waals surface area (Å²) < 4.78 is 36.4. The molecule has 1 atom stereocenters. The molecule has 14 heteroatoms. The molecule has 5 aromatic rings. The third kappa shape index (κ3) is 3.50. The summed E-state index contributed by atoms with van der Waals surface area (Å²) >= 11 is 0. The lowest BCUT2D eigenvalue weighted by Crippen LogP contribution is -2.30. The minimum atomic E-state index is -0.831. The Hall–Kier alpha value is -4.88. The average Bonchev–Trinajstić information content (AvgIpc) is 3.57. The van der Waals surface area contributed by atoms with Gasteiger partial charge in [-0.15, -0.1) is 5.10 Å². The number of aromatic nitrogens is 7. The van der Waals surface area contributed by atoms with Crippen LogP contribution >= 0.6 is 0 Å². The van der Waals surface area contributed by atoms with Crippen LogP contribution in [0.2, 0.25) is 0 Å². The highest BCUT2D eigenvalue weighted by Gasteiger charge is 2.25. The maximum absolute atomic E-state index is 14.2. The Labute approximate surface area is 200 Å². The predicted molar refractivity (Wildman–Crippen MR) is 126 cm³/mol. The zero-order valence-electron chi connectivity index (χ0n) is 19.0. The number of halogens is 2. The zero-order valence-corrected chi connectivity index (χ0v) is 19.0. The van der Waals surface area contributed by atoms with Crippen LogP contribution in [0.15, 0.2) is 53.0 Å². The normalized spacial score (nSPS) is 14.3. The quantitative estimate of drug-likeness (QED) is 0.383. The molecule has 1 aliphatic heterocycles. The van der Waals surface area contributed by atoms with E-state index in [1.807, 2.05) is 0 Å². The van der Waals surface area contributed by atoms with Gasteiger partial charge in [0.1, 0.15) is 23.5 Å². The van der Waals surface area contributed by atoms with Crippen LogP contribution in [0.1, 0.15) is 25.7 Å². The largest absolute Gasteiger partial charge is 0.457 e. The van der Waals surface area contributed by atoms with Crippen molar-refractivity contribution in [2.75, 3.05) is 17.1 Å². The Bertz CT molecular complexity index is 1700. The van der Waals surface area contributed by atoms with Gasteiger partial charge in [-0.3, -0.25) is 9.36 Å². The molecule has 0 spiro atoms. The van der Waals surface area contributed by atoms with Gasteiger partial charge in [0, 0.05) is 19.2 Å². The predicted octanol–water partition coefficient (Wildman–Crippen LogP) is 2.73. The molecule has 1 aromatic carbocycles. The number of hydrazone groups is 1. The first kappa shape index (κ1) is 21.6. The zero-order chi connectivity index (χ0) is 25.0. The van der Waals surface area contributed by atoms with E-state index in [2.05, 4.69) is 35.5 Å². The molecule has 0 saturated heterocycles. The minimum Gasteiger partial charge on any atom is -0.457 e. The summed E-state index contributed by atoms with van der Waals surface area (Å²) in [7, 11) is 0. The molecule has 1 aliphatic rings. The highest BCUT2D eigenvalue weighted by molar-refractivity contribution is 5.82. The van der Waals surface area contributed by atoms with E-state index in [1.54, 1.807) is 26.1 Å². The van der Waals surface area contributed by atoms with E-state index in [4.69, 9.17) is 4.74 Å². The molecular formula is C22H18F2N10O2. The fourth-order valence-corrected chi connectivity index (χ4v) is 4.12. The number of aromatic amines is 1. The first-order valence-corrected chi connectivity index (χ1v) is 10.9. The van der Waals surface area contributed by atoms with Gasteiger partial charge < -0.3 is 15.0 Å². The highest BCUT2D eigenvalue weighted by Crippen LogP contribution is 2.27. The van der Waals surface area contributed by atoms with Crippen LogP contribution in [-0.2, 0) is 4.74 Å². The summed E-state index contributed by atoms with van der Waals surface area (Å²) in [4.78, 5) is 29.3. The topological polar surface area (TPSA) is 131 Å². The first-order valence-electron chi connectivity index (χ1n) is 10.9. The molecule has 0 amide bonds. The summed E-state index contributed by atoms with van der Waals surface area (Å²) in [5, 5.41) is 13.6. The number of anilines is 2. The minimum absolute atomic E-state index is 0.0185. The molecule has 0 radical (unpaired) electrons. The maximum Gasteiger partial charge on any atom is 0.284 e. The third-order valence-electron chi connectivity index (χ3n) is 5.69. The van der Waals surface area contributed by atoms with Crippen molar-refractivity contribution in [1.82, 2.24) is 34.1 Å². The number of nitrogens with one attached hydrogen (secondary N) is 2. The van der Waals surface area contributed by atoms with Gasteiger partial charge in [-0.2, -0.15) is 5.10 Å². The van der Waals surface area contributed by atoms with Crippen LogP contribution in [0.3, 0.4) is 0 Å². The number of benzene rings is 1. The van der Waals surface area contributed by atoms with E-state index in [0.29, 0.717) is 28.6 Å². The summed E-state index contributed by atoms with van der Waals surface area (Å²) in [5.41, 5.74) is 1.05. The fraction of sp³-hybridized carbons (Fsp3) is 0.182. The summed E-state index contributed by atoms with van der Waals surface area (Å²) in [5.74, 6) is -0.616. The van der Waals surface area contributed by atoms with Crippen molar-refractivity contribution in [3.05, 3.63) is 70.9 Å². The molecule has 0 bridgehead atoms. The van der Waals surface area contributed by atoms with E-state index in [-0.39, 0.29) is 23.8 Å². The number of H-pyrrole nitrogens is 1. The summed E-state index contributed by atoms with van der Waals surface area (Å²) in [6.07, 6.45) is 4.45. The van der Waals surface area contributed by atoms with Crippen LogP contribution < -0.4 is 15.9 Å². The number of ether oxygens (including phenoxy) is 1. The van der Waals surface area contributed by atoms with E-state index in [0.717, 1.165) is 18.2 Å². The number of rotatable bonds is 5. The van der Waals surface area contributed by atoms with Gasteiger partial charge in [-0.1, -0.05) is 0 Å².